The highest BCUT2D eigenvalue weighted by molar-refractivity contribution is 7.98. The molecule has 1 fully saturated rings. The van der Waals surface area contributed by atoms with E-state index in [1.807, 2.05) is 0 Å². The van der Waals surface area contributed by atoms with Crippen LogP contribution >= 0.6 is 11.8 Å². The summed E-state index contributed by atoms with van der Waals surface area (Å²) < 4.78 is 0. The highest BCUT2D eigenvalue weighted by Gasteiger charge is 2.25. The molecular weight excluding hydrogens is 252 g/mol. The Morgan fingerprint density at radius 3 is 2.58 bits per heavy atom. The Hall–Kier alpha value is -0.510. The molecule has 0 spiro atoms. The Morgan fingerprint density at radius 2 is 1.95 bits per heavy atom. The Labute approximate surface area is 121 Å². The first-order chi connectivity index (χ1) is 9.24. The number of hydrogen-bond donors (Lipinski definition) is 2. The lowest BCUT2D eigenvalue weighted by Gasteiger charge is -2.34. The monoisotopic (exact) mass is 278 g/mol. The van der Waals surface area contributed by atoms with Crippen LogP contribution in [0.15, 0.2) is 29.2 Å². The lowest BCUT2D eigenvalue weighted by Crippen LogP contribution is -2.42. The van der Waals surface area contributed by atoms with Gasteiger partial charge >= 0.3 is 0 Å². The molecule has 1 saturated carbocycles. The quantitative estimate of drug-likeness (QED) is 0.809. The van der Waals surface area contributed by atoms with Gasteiger partial charge in [0.15, 0.2) is 0 Å². The Balaban J connectivity index is 1.96. The van der Waals surface area contributed by atoms with Gasteiger partial charge in [-0.2, -0.15) is 0 Å². The van der Waals surface area contributed by atoms with Gasteiger partial charge in [-0.15, -0.1) is 11.8 Å². The van der Waals surface area contributed by atoms with Gasteiger partial charge in [-0.25, -0.2) is 0 Å². The van der Waals surface area contributed by atoms with Crippen LogP contribution in [0.4, 0.5) is 0 Å². The third-order valence-corrected chi connectivity index (χ3v) is 5.04. The standard InChI is InChI=1S/C16H26N2S/c1-12(13-7-9-15(19-2)10-8-13)18-16-6-4-3-5-14(16)11-17/h7-10,12,14,16,18H,3-6,11,17H2,1-2H3. The van der Waals surface area contributed by atoms with Crippen LogP contribution in [0.5, 0.6) is 0 Å². The van der Waals surface area contributed by atoms with Crippen LogP contribution in [-0.2, 0) is 0 Å². The lowest BCUT2D eigenvalue weighted by atomic mass is 9.84. The molecule has 0 amide bonds. The number of nitrogens with one attached hydrogen (secondary N) is 1. The molecule has 1 aromatic carbocycles. The molecule has 1 aromatic rings. The first-order valence-electron chi connectivity index (χ1n) is 7.34. The van der Waals surface area contributed by atoms with E-state index < -0.39 is 0 Å². The van der Waals surface area contributed by atoms with Gasteiger partial charge in [0.05, 0.1) is 0 Å². The summed E-state index contributed by atoms with van der Waals surface area (Å²) in [5, 5.41) is 3.79. The van der Waals surface area contributed by atoms with E-state index in [2.05, 4.69) is 42.8 Å². The molecule has 2 nitrogen and oxygen atoms in total. The zero-order valence-electron chi connectivity index (χ0n) is 12.1. The molecule has 0 heterocycles. The number of thioether (sulfide) groups is 1. The van der Waals surface area contributed by atoms with E-state index in [0.717, 1.165) is 6.54 Å². The van der Waals surface area contributed by atoms with Gasteiger partial charge in [-0.3, -0.25) is 0 Å². The van der Waals surface area contributed by atoms with Crippen LogP contribution in [-0.4, -0.2) is 18.8 Å². The summed E-state index contributed by atoms with van der Waals surface area (Å²) >= 11 is 1.79. The van der Waals surface area contributed by atoms with Crippen molar-refractivity contribution in [3.8, 4) is 0 Å². The van der Waals surface area contributed by atoms with Gasteiger partial charge in [0.1, 0.15) is 0 Å². The van der Waals surface area contributed by atoms with Gasteiger partial charge in [-0.1, -0.05) is 25.0 Å². The van der Waals surface area contributed by atoms with Crippen molar-refractivity contribution in [1.82, 2.24) is 5.32 Å². The molecule has 3 unspecified atom stereocenters. The van der Waals surface area contributed by atoms with Gasteiger partial charge < -0.3 is 11.1 Å². The summed E-state index contributed by atoms with van der Waals surface area (Å²) in [6.45, 7) is 3.08. The Morgan fingerprint density at radius 1 is 1.26 bits per heavy atom. The summed E-state index contributed by atoms with van der Waals surface area (Å²) in [6.07, 6.45) is 7.36. The zero-order valence-corrected chi connectivity index (χ0v) is 12.9. The molecular formula is C16H26N2S. The Kier molecular flexibility index (Phi) is 5.74. The second kappa shape index (κ2) is 7.32. The molecule has 3 N–H and O–H groups in total. The van der Waals surface area contributed by atoms with Crippen molar-refractivity contribution in [1.29, 1.82) is 0 Å². The highest BCUT2D eigenvalue weighted by Crippen LogP contribution is 2.26. The van der Waals surface area contributed by atoms with Crippen molar-refractivity contribution < 1.29 is 0 Å². The molecule has 3 heteroatoms. The molecule has 2 rings (SSSR count). The molecule has 0 aromatic heterocycles. The number of benzene rings is 1. The van der Waals surface area contributed by atoms with E-state index in [4.69, 9.17) is 5.73 Å². The second-order valence-electron chi connectivity index (χ2n) is 5.55. The Bertz CT molecular complexity index is 377. The molecule has 106 valence electrons. The minimum absolute atomic E-state index is 0.410. The SMILES string of the molecule is CSc1ccc(C(C)NC2CCCCC2CN)cc1. The smallest absolute Gasteiger partial charge is 0.0294 e. The minimum atomic E-state index is 0.410. The average molecular weight is 278 g/mol. The first-order valence-corrected chi connectivity index (χ1v) is 8.57. The summed E-state index contributed by atoms with van der Waals surface area (Å²) in [7, 11) is 0. The van der Waals surface area contributed by atoms with Crippen LogP contribution < -0.4 is 11.1 Å². The second-order valence-corrected chi connectivity index (χ2v) is 6.43. The maximum atomic E-state index is 5.90. The van der Waals surface area contributed by atoms with E-state index >= 15 is 0 Å². The topological polar surface area (TPSA) is 38.0 Å². The van der Waals surface area contributed by atoms with E-state index in [1.165, 1.54) is 36.1 Å². The summed E-state index contributed by atoms with van der Waals surface area (Å²) in [5.74, 6) is 0.654. The van der Waals surface area contributed by atoms with Gasteiger partial charge in [-0.05, 0) is 56.2 Å². The fourth-order valence-corrected chi connectivity index (χ4v) is 3.43. The summed E-state index contributed by atoms with van der Waals surface area (Å²) in [6, 6.07) is 9.90. The molecule has 1 aliphatic carbocycles. The summed E-state index contributed by atoms with van der Waals surface area (Å²) in [4.78, 5) is 1.33. The lowest BCUT2D eigenvalue weighted by molar-refractivity contribution is 0.252. The van der Waals surface area contributed by atoms with Crippen molar-refractivity contribution in [2.45, 2.75) is 49.6 Å². The molecule has 3 atom stereocenters. The van der Waals surface area contributed by atoms with Crippen molar-refractivity contribution in [3.63, 3.8) is 0 Å². The van der Waals surface area contributed by atoms with Crippen molar-refractivity contribution >= 4 is 11.8 Å². The zero-order chi connectivity index (χ0) is 13.7. The van der Waals surface area contributed by atoms with Crippen molar-refractivity contribution in [2.24, 2.45) is 11.7 Å². The van der Waals surface area contributed by atoms with Crippen molar-refractivity contribution in [3.05, 3.63) is 29.8 Å². The molecule has 0 bridgehead atoms. The van der Waals surface area contributed by atoms with E-state index in [0.29, 0.717) is 18.0 Å². The van der Waals surface area contributed by atoms with Crippen LogP contribution in [0.1, 0.15) is 44.2 Å². The fourth-order valence-electron chi connectivity index (χ4n) is 3.02. The van der Waals surface area contributed by atoms with Gasteiger partial charge in [0.25, 0.3) is 0 Å². The molecule has 1 aliphatic rings. The maximum absolute atomic E-state index is 5.90. The van der Waals surface area contributed by atoms with E-state index in [1.54, 1.807) is 11.8 Å². The number of rotatable bonds is 5. The third kappa shape index (κ3) is 3.98. The van der Waals surface area contributed by atoms with Gasteiger partial charge in [0, 0.05) is 17.0 Å². The fraction of sp³-hybridized carbons (Fsp3) is 0.625. The molecule has 0 radical (unpaired) electrons. The first kappa shape index (κ1) is 14.9. The minimum Gasteiger partial charge on any atom is -0.330 e. The predicted octanol–water partition coefficient (Wildman–Crippen LogP) is 3.58. The largest absolute Gasteiger partial charge is 0.330 e. The van der Waals surface area contributed by atoms with Crippen LogP contribution in [0.25, 0.3) is 0 Å². The van der Waals surface area contributed by atoms with Crippen LogP contribution in [0.3, 0.4) is 0 Å². The maximum Gasteiger partial charge on any atom is 0.0294 e. The van der Waals surface area contributed by atoms with E-state index in [-0.39, 0.29) is 0 Å². The van der Waals surface area contributed by atoms with Crippen LogP contribution in [0.2, 0.25) is 0 Å². The molecule has 0 saturated heterocycles. The van der Waals surface area contributed by atoms with Gasteiger partial charge in [0.2, 0.25) is 0 Å². The predicted molar refractivity (Wildman–Crippen MR) is 84.6 cm³/mol. The number of nitrogens with two attached hydrogens (primary N) is 1. The van der Waals surface area contributed by atoms with E-state index in [9.17, 15) is 0 Å². The normalized spacial score (nSPS) is 25.2. The number of hydrogen-bond acceptors (Lipinski definition) is 3. The summed E-state index contributed by atoms with van der Waals surface area (Å²) in [5.41, 5.74) is 7.28. The highest BCUT2D eigenvalue weighted by atomic mass is 32.2. The van der Waals surface area contributed by atoms with Crippen LogP contribution in [0, 0.1) is 5.92 Å². The average Bonchev–Trinajstić information content (AvgIpc) is 2.48. The third-order valence-electron chi connectivity index (χ3n) is 4.29. The molecule has 19 heavy (non-hydrogen) atoms. The molecule has 0 aliphatic heterocycles. The van der Waals surface area contributed by atoms with Crippen molar-refractivity contribution in [2.75, 3.05) is 12.8 Å².